The number of hydrogen-bond acceptors (Lipinski definition) is 2. The monoisotopic (exact) mass is 233 g/mol. The number of rotatable bonds is 3. The molecule has 1 aliphatic carbocycles. The van der Waals surface area contributed by atoms with Crippen LogP contribution < -0.4 is 5.32 Å². The van der Waals surface area contributed by atoms with Crippen LogP contribution in [0.15, 0.2) is 24.3 Å². The third-order valence-electron chi connectivity index (χ3n) is 3.59. The van der Waals surface area contributed by atoms with Gasteiger partial charge < -0.3 is 10.4 Å². The third-order valence-corrected chi connectivity index (χ3v) is 3.59. The maximum absolute atomic E-state index is 11.9. The lowest BCUT2D eigenvalue weighted by atomic mass is 9.89. The molecule has 1 aromatic carbocycles. The summed E-state index contributed by atoms with van der Waals surface area (Å²) in [6.07, 6.45) is 4.90. The summed E-state index contributed by atoms with van der Waals surface area (Å²) < 4.78 is 0. The maximum atomic E-state index is 11.9. The Morgan fingerprint density at radius 2 is 2.12 bits per heavy atom. The number of nitrogens with one attached hydrogen (secondary N) is 1. The van der Waals surface area contributed by atoms with Crippen LogP contribution in [0.25, 0.3) is 0 Å². The number of phenols is 1. The molecular formula is C14H19NO2. The van der Waals surface area contributed by atoms with E-state index in [4.69, 9.17) is 0 Å². The van der Waals surface area contributed by atoms with Gasteiger partial charge >= 0.3 is 0 Å². The average Bonchev–Trinajstić information content (AvgIpc) is 2.74. The van der Waals surface area contributed by atoms with Crippen LogP contribution in [0, 0.1) is 5.41 Å². The molecule has 1 saturated carbocycles. The van der Waals surface area contributed by atoms with Crippen LogP contribution in [0.2, 0.25) is 0 Å². The molecule has 0 bridgehead atoms. The third kappa shape index (κ3) is 2.99. The summed E-state index contributed by atoms with van der Waals surface area (Å²) in [4.78, 5) is 11.9. The minimum atomic E-state index is -0.103. The van der Waals surface area contributed by atoms with Crippen molar-refractivity contribution in [1.82, 2.24) is 5.32 Å². The van der Waals surface area contributed by atoms with E-state index in [1.165, 1.54) is 31.7 Å². The van der Waals surface area contributed by atoms with Crippen molar-refractivity contribution in [2.24, 2.45) is 5.41 Å². The number of carbonyl (C=O) groups excluding carboxylic acids is 1. The van der Waals surface area contributed by atoms with Gasteiger partial charge in [0.1, 0.15) is 5.75 Å². The lowest BCUT2D eigenvalue weighted by molar-refractivity contribution is 0.0934. The van der Waals surface area contributed by atoms with Crippen molar-refractivity contribution in [3.05, 3.63) is 29.8 Å². The first kappa shape index (κ1) is 12.0. The summed E-state index contributed by atoms with van der Waals surface area (Å²) in [5.41, 5.74) is 0.776. The summed E-state index contributed by atoms with van der Waals surface area (Å²) in [6.45, 7) is 2.95. The van der Waals surface area contributed by atoms with Crippen molar-refractivity contribution in [3.8, 4) is 5.75 Å². The Morgan fingerprint density at radius 3 is 2.76 bits per heavy atom. The molecule has 0 unspecified atom stereocenters. The Bertz CT molecular complexity index is 408. The minimum Gasteiger partial charge on any atom is -0.508 e. The lowest BCUT2D eigenvalue weighted by Gasteiger charge is -2.23. The predicted molar refractivity (Wildman–Crippen MR) is 67.0 cm³/mol. The molecule has 92 valence electrons. The van der Waals surface area contributed by atoms with Crippen LogP contribution in [0.5, 0.6) is 5.75 Å². The predicted octanol–water partition coefficient (Wildman–Crippen LogP) is 2.70. The fourth-order valence-corrected chi connectivity index (χ4v) is 2.45. The molecule has 1 fully saturated rings. The molecule has 3 nitrogen and oxygen atoms in total. The zero-order chi connectivity index (χ0) is 12.3. The number of amides is 1. The zero-order valence-electron chi connectivity index (χ0n) is 10.2. The first-order chi connectivity index (χ1) is 8.09. The molecule has 0 aromatic heterocycles. The van der Waals surface area contributed by atoms with Crippen molar-refractivity contribution >= 4 is 5.91 Å². The van der Waals surface area contributed by atoms with E-state index in [0.29, 0.717) is 5.56 Å². The van der Waals surface area contributed by atoms with Gasteiger partial charge in [0.15, 0.2) is 0 Å². The van der Waals surface area contributed by atoms with Gasteiger partial charge in [-0.1, -0.05) is 25.8 Å². The molecule has 0 saturated heterocycles. The first-order valence-corrected chi connectivity index (χ1v) is 6.16. The van der Waals surface area contributed by atoms with Crippen molar-refractivity contribution in [2.75, 3.05) is 6.54 Å². The van der Waals surface area contributed by atoms with E-state index in [1.807, 2.05) is 0 Å². The molecule has 0 atom stereocenters. The van der Waals surface area contributed by atoms with Gasteiger partial charge in [0.05, 0.1) is 0 Å². The van der Waals surface area contributed by atoms with Gasteiger partial charge in [-0.2, -0.15) is 0 Å². The second kappa shape index (κ2) is 4.78. The summed E-state index contributed by atoms with van der Waals surface area (Å²) in [5, 5.41) is 12.3. The molecular weight excluding hydrogens is 214 g/mol. The highest BCUT2D eigenvalue weighted by atomic mass is 16.3. The fourth-order valence-electron chi connectivity index (χ4n) is 2.45. The molecule has 0 radical (unpaired) electrons. The van der Waals surface area contributed by atoms with Crippen molar-refractivity contribution in [3.63, 3.8) is 0 Å². The summed E-state index contributed by atoms with van der Waals surface area (Å²) in [7, 11) is 0. The zero-order valence-corrected chi connectivity index (χ0v) is 10.2. The van der Waals surface area contributed by atoms with Gasteiger partial charge in [-0.25, -0.2) is 0 Å². The van der Waals surface area contributed by atoms with E-state index in [2.05, 4.69) is 12.2 Å². The van der Waals surface area contributed by atoms with Crippen LogP contribution >= 0.6 is 0 Å². The van der Waals surface area contributed by atoms with Gasteiger partial charge in [-0.05, 0) is 36.5 Å². The van der Waals surface area contributed by atoms with Gasteiger partial charge in [-0.3, -0.25) is 4.79 Å². The Balaban J connectivity index is 1.93. The molecule has 2 N–H and O–H groups in total. The number of benzene rings is 1. The quantitative estimate of drug-likeness (QED) is 0.843. The van der Waals surface area contributed by atoms with Crippen LogP contribution in [-0.2, 0) is 0 Å². The van der Waals surface area contributed by atoms with E-state index in [0.717, 1.165) is 6.54 Å². The lowest BCUT2D eigenvalue weighted by Crippen LogP contribution is -2.34. The second-order valence-electron chi connectivity index (χ2n) is 5.25. The Morgan fingerprint density at radius 1 is 1.41 bits per heavy atom. The summed E-state index contributed by atoms with van der Waals surface area (Å²) in [5.74, 6) is 0.0266. The van der Waals surface area contributed by atoms with Crippen LogP contribution in [-0.4, -0.2) is 17.6 Å². The SMILES string of the molecule is CC1(CNC(=O)c2cccc(O)c2)CCCC1. The van der Waals surface area contributed by atoms with Crippen LogP contribution in [0.1, 0.15) is 43.0 Å². The standard InChI is InChI=1S/C14H19NO2/c1-14(7-2-3-8-14)10-15-13(17)11-5-4-6-12(16)9-11/h4-6,9,16H,2-3,7-8,10H2,1H3,(H,15,17). The van der Waals surface area contributed by atoms with Gasteiger partial charge in [-0.15, -0.1) is 0 Å². The number of hydrogen-bond donors (Lipinski definition) is 2. The largest absolute Gasteiger partial charge is 0.508 e. The van der Waals surface area contributed by atoms with Crippen LogP contribution in [0.3, 0.4) is 0 Å². The summed E-state index contributed by atoms with van der Waals surface area (Å²) >= 11 is 0. The van der Waals surface area contributed by atoms with E-state index in [1.54, 1.807) is 18.2 Å². The molecule has 2 rings (SSSR count). The molecule has 1 aliphatic rings. The Hall–Kier alpha value is -1.51. The fraction of sp³-hybridized carbons (Fsp3) is 0.500. The van der Waals surface area contributed by atoms with Gasteiger partial charge in [0.25, 0.3) is 5.91 Å². The number of carbonyl (C=O) groups is 1. The first-order valence-electron chi connectivity index (χ1n) is 6.16. The molecule has 0 heterocycles. The molecule has 0 spiro atoms. The molecule has 1 aromatic rings. The smallest absolute Gasteiger partial charge is 0.251 e. The maximum Gasteiger partial charge on any atom is 0.251 e. The van der Waals surface area contributed by atoms with Crippen molar-refractivity contribution in [1.29, 1.82) is 0 Å². The highest BCUT2D eigenvalue weighted by Gasteiger charge is 2.28. The molecule has 17 heavy (non-hydrogen) atoms. The Labute approximate surface area is 102 Å². The van der Waals surface area contributed by atoms with Gasteiger partial charge in [0.2, 0.25) is 0 Å². The van der Waals surface area contributed by atoms with Crippen molar-refractivity contribution in [2.45, 2.75) is 32.6 Å². The molecule has 1 amide bonds. The van der Waals surface area contributed by atoms with E-state index in [9.17, 15) is 9.90 Å². The topological polar surface area (TPSA) is 49.3 Å². The normalized spacial score (nSPS) is 17.9. The second-order valence-corrected chi connectivity index (χ2v) is 5.25. The minimum absolute atomic E-state index is 0.103. The Kier molecular flexibility index (Phi) is 3.36. The van der Waals surface area contributed by atoms with E-state index < -0.39 is 0 Å². The number of aromatic hydroxyl groups is 1. The van der Waals surface area contributed by atoms with E-state index >= 15 is 0 Å². The highest BCUT2D eigenvalue weighted by molar-refractivity contribution is 5.94. The van der Waals surface area contributed by atoms with Gasteiger partial charge in [0, 0.05) is 12.1 Å². The molecule has 0 aliphatic heterocycles. The van der Waals surface area contributed by atoms with Crippen molar-refractivity contribution < 1.29 is 9.90 Å². The van der Waals surface area contributed by atoms with Crippen LogP contribution in [0.4, 0.5) is 0 Å². The highest BCUT2D eigenvalue weighted by Crippen LogP contribution is 2.36. The molecule has 3 heteroatoms. The van der Waals surface area contributed by atoms with E-state index in [-0.39, 0.29) is 17.1 Å². The summed E-state index contributed by atoms with van der Waals surface area (Å²) in [6, 6.07) is 6.45. The average molecular weight is 233 g/mol. The number of phenolic OH excluding ortho intramolecular Hbond substituents is 1.